The first kappa shape index (κ1) is 35.7. The lowest BCUT2D eigenvalue weighted by Gasteiger charge is -2.31. The molecule has 11 rings (SSSR count). The highest BCUT2D eigenvalue weighted by atomic mass is 15.1. The van der Waals surface area contributed by atoms with Crippen molar-refractivity contribution in [3.63, 3.8) is 0 Å². The van der Waals surface area contributed by atoms with E-state index in [1.54, 1.807) is 0 Å². The zero-order valence-electron chi connectivity index (χ0n) is 33.8. The largest absolute Gasteiger partial charge is 0.310 e. The van der Waals surface area contributed by atoms with Gasteiger partial charge in [-0.25, -0.2) is 0 Å². The van der Waals surface area contributed by atoms with E-state index in [2.05, 4.69) is 243 Å². The minimum absolute atomic E-state index is 0.211. The van der Waals surface area contributed by atoms with Crippen molar-refractivity contribution in [2.45, 2.75) is 19.3 Å². The van der Waals surface area contributed by atoms with Crippen molar-refractivity contribution in [2.24, 2.45) is 0 Å². The normalized spacial score (nSPS) is 12.6. The summed E-state index contributed by atoms with van der Waals surface area (Å²) in [7, 11) is 0. The van der Waals surface area contributed by atoms with E-state index in [1.807, 2.05) is 0 Å². The van der Waals surface area contributed by atoms with Crippen molar-refractivity contribution in [3.05, 3.63) is 236 Å². The lowest BCUT2D eigenvalue weighted by Crippen LogP contribution is -2.17. The molecule has 0 amide bonds. The zero-order valence-corrected chi connectivity index (χ0v) is 33.8. The molecule has 0 unspecified atom stereocenters. The van der Waals surface area contributed by atoms with Gasteiger partial charge >= 0.3 is 0 Å². The van der Waals surface area contributed by atoms with E-state index in [4.69, 9.17) is 0 Å². The van der Waals surface area contributed by atoms with E-state index in [-0.39, 0.29) is 5.41 Å². The standard InChI is InChI=1S/C59H43N/c1-59(2)55-38-44(41-19-8-4-9-20-41)31-35-52(55)53-36-34-47(39-56(53)59)60(46-32-29-42(30-33-46)40-17-6-3-7-18-40)57-28-16-27-49(43-21-10-5-11-22-43)58(57)54-37-45-23-12-13-24-48(45)50-25-14-15-26-51(50)54/h3-39H,1-2H3. The van der Waals surface area contributed by atoms with E-state index < -0.39 is 0 Å². The molecule has 1 aliphatic rings. The number of hydrogen-bond donors (Lipinski definition) is 0. The van der Waals surface area contributed by atoms with Gasteiger partial charge in [0.1, 0.15) is 0 Å². The number of fused-ring (bicyclic) bond motifs is 6. The van der Waals surface area contributed by atoms with E-state index in [0.717, 1.165) is 17.1 Å². The summed E-state index contributed by atoms with van der Waals surface area (Å²) in [6.07, 6.45) is 0. The molecule has 1 nitrogen and oxygen atoms in total. The second-order valence-electron chi connectivity index (χ2n) is 16.5. The first-order valence-electron chi connectivity index (χ1n) is 20.9. The molecule has 0 atom stereocenters. The predicted octanol–water partition coefficient (Wildman–Crippen LogP) is 16.4. The topological polar surface area (TPSA) is 3.24 Å². The Hall–Kier alpha value is -7.48. The molecule has 1 heteroatoms. The van der Waals surface area contributed by atoms with E-state index in [1.165, 1.54) is 88.3 Å². The monoisotopic (exact) mass is 765 g/mol. The molecule has 10 aromatic carbocycles. The Kier molecular flexibility index (Phi) is 8.57. The minimum atomic E-state index is -0.211. The molecule has 0 saturated carbocycles. The van der Waals surface area contributed by atoms with Crippen molar-refractivity contribution in [2.75, 3.05) is 4.90 Å². The third-order valence-electron chi connectivity index (χ3n) is 12.7. The third-order valence-corrected chi connectivity index (χ3v) is 12.7. The fourth-order valence-electron chi connectivity index (χ4n) is 9.66. The molecule has 1 aliphatic carbocycles. The third kappa shape index (κ3) is 5.93. The molecule has 0 N–H and O–H groups in total. The van der Waals surface area contributed by atoms with Gasteiger partial charge in [-0.05, 0) is 125 Å². The molecule has 0 radical (unpaired) electrons. The summed E-state index contributed by atoms with van der Waals surface area (Å²) in [4.78, 5) is 2.50. The van der Waals surface area contributed by atoms with Gasteiger partial charge < -0.3 is 4.90 Å². The lowest BCUT2D eigenvalue weighted by atomic mass is 9.81. The molecule has 0 aliphatic heterocycles. The molecular weight excluding hydrogens is 723 g/mol. The maximum absolute atomic E-state index is 2.50. The van der Waals surface area contributed by atoms with Crippen molar-refractivity contribution in [3.8, 4) is 55.6 Å². The van der Waals surface area contributed by atoms with Crippen LogP contribution in [-0.4, -0.2) is 0 Å². The van der Waals surface area contributed by atoms with Gasteiger partial charge in [0.25, 0.3) is 0 Å². The Morgan fingerprint density at radius 2 is 0.833 bits per heavy atom. The van der Waals surface area contributed by atoms with Crippen LogP contribution in [-0.2, 0) is 5.41 Å². The van der Waals surface area contributed by atoms with Gasteiger partial charge in [0, 0.05) is 22.4 Å². The minimum Gasteiger partial charge on any atom is -0.310 e. The van der Waals surface area contributed by atoms with Crippen molar-refractivity contribution >= 4 is 38.6 Å². The van der Waals surface area contributed by atoms with Crippen LogP contribution >= 0.6 is 0 Å². The molecule has 0 fully saturated rings. The number of benzene rings is 10. The first-order chi connectivity index (χ1) is 29.5. The summed E-state index contributed by atoms with van der Waals surface area (Å²) in [5.74, 6) is 0. The SMILES string of the molecule is CC1(C)c2cc(-c3ccccc3)ccc2-c2ccc(N(c3ccc(-c4ccccc4)cc3)c3cccc(-c4ccccc4)c3-c3cc4ccccc4c4ccccc34)cc21. The van der Waals surface area contributed by atoms with Crippen molar-refractivity contribution < 1.29 is 0 Å². The van der Waals surface area contributed by atoms with Crippen LogP contribution in [0.1, 0.15) is 25.0 Å². The molecule has 10 aromatic rings. The maximum atomic E-state index is 2.50. The van der Waals surface area contributed by atoms with Crippen LogP contribution < -0.4 is 4.90 Å². The highest BCUT2D eigenvalue weighted by Crippen LogP contribution is 2.53. The molecule has 0 bridgehead atoms. The van der Waals surface area contributed by atoms with E-state index in [0.29, 0.717) is 0 Å². The van der Waals surface area contributed by atoms with Crippen LogP contribution in [0, 0.1) is 0 Å². The Morgan fingerprint density at radius 1 is 0.317 bits per heavy atom. The van der Waals surface area contributed by atoms with E-state index >= 15 is 0 Å². The Labute approximate surface area is 352 Å². The quantitative estimate of drug-likeness (QED) is 0.146. The second-order valence-corrected chi connectivity index (χ2v) is 16.5. The van der Waals surface area contributed by atoms with Gasteiger partial charge in [-0.3, -0.25) is 0 Å². The fourth-order valence-corrected chi connectivity index (χ4v) is 9.66. The molecular formula is C59H43N. The van der Waals surface area contributed by atoms with Gasteiger partial charge in [0.05, 0.1) is 5.69 Å². The summed E-state index contributed by atoms with van der Waals surface area (Å²) in [6, 6.07) is 82.5. The summed E-state index contributed by atoms with van der Waals surface area (Å²) in [5.41, 5.74) is 18.2. The highest BCUT2D eigenvalue weighted by molar-refractivity contribution is 6.16. The molecule has 0 saturated heterocycles. The van der Waals surface area contributed by atoms with E-state index in [9.17, 15) is 0 Å². The molecule has 60 heavy (non-hydrogen) atoms. The van der Waals surface area contributed by atoms with Gasteiger partial charge in [-0.1, -0.05) is 196 Å². The average Bonchev–Trinajstić information content (AvgIpc) is 3.54. The molecule has 284 valence electrons. The van der Waals surface area contributed by atoms with Crippen LogP contribution in [0.3, 0.4) is 0 Å². The zero-order chi connectivity index (χ0) is 40.2. The van der Waals surface area contributed by atoms with Gasteiger partial charge in [0.15, 0.2) is 0 Å². The predicted molar refractivity (Wildman–Crippen MR) is 255 cm³/mol. The van der Waals surface area contributed by atoms with Crippen molar-refractivity contribution in [1.82, 2.24) is 0 Å². The van der Waals surface area contributed by atoms with Gasteiger partial charge in [0.2, 0.25) is 0 Å². The van der Waals surface area contributed by atoms with Crippen LogP contribution in [0.2, 0.25) is 0 Å². The number of nitrogens with zero attached hydrogens (tertiary/aromatic N) is 1. The summed E-state index contributed by atoms with van der Waals surface area (Å²) in [5, 5.41) is 4.98. The molecule has 0 spiro atoms. The van der Waals surface area contributed by atoms with Crippen LogP contribution in [0.15, 0.2) is 224 Å². The smallest absolute Gasteiger partial charge is 0.0546 e. The van der Waals surface area contributed by atoms with Gasteiger partial charge in [-0.15, -0.1) is 0 Å². The molecule has 0 aromatic heterocycles. The fraction of sp³-hybridized carbons (Fsp3) is 0.0508. The molecule has 0 heterocycles. The lowest BCUT2D eigenvalue weighted by molar-refractivity contribution is 0.660. The van der Waals surface area contributed by atoms with Crippen molar-refractivity contribution in [1.29, 1.82) is 0 Å². The average molecular weight is 766 g/mol. The number of rotatable bonds is 7. The first-order valence-corrected chi connectivity index (χ1v) is 20.9. The van der Waals surface area contributed by atoms with Crippen LogP contribution in [0.5, 0.6) is 0 Å². The van der Waals surface area contributed by atoms with Crippen LogP contribution in [0.4, 0.5) is 17.1 Å². The highest BCUT2D eigenvalue weighted by Gasteiger charge is 2.36. The summed E-state index contributed by atoms with van der Waals surface area (Å²) in [6.45, 7) is 4.77. The number of anilines is 3. The Bertz CT molecular complexity index is 3200. The Morgan fingerprint density at radius 3 is 1.53 bits per heavy atom. The summed E-state index contributed by atoms with van der Waals surface area (Å²) < 4.78 is 0. The number of hydrogen-bond acceptors (Lipinski definition) is 1. The van der Waals surface area contributed by atoms with Gasteiger partial charge in [-0.2, -0.15) is 0 Å². The summed E-state index contributed by atoms with van der Waals surface area (Å²) >= 11 is 0. The second kappa shape index (κ2) is 14.4. The maximum Gasteiger partial charge on any atom is 0.0546 e. The van der Waals surface area contributed by atoms with Crippen LogP contribution in [0.25, 0.3) is 77.2 Å². The Balaban J connectivity index is 1.16.